The standard InChI is InChI=1S/C16H14Cl2N2O4S/c1-24-15-5-4-12(20(22)23)7-14(15)19-16(21)9-25-8-10-2-3-11(17)6-13(10)18/h2-7H,8-9H2,1H3,(H,19,21). The van der Waals surface area contributed by atoms with Gasteiger partial charge in [-0.1, -0.05) is 29.3 Å². The maximum Gasteiger partial charge on any atom is 0.271 e. The number of nitro groups is 1. The summed E-state index contributed by atoms with van der Waals surface area (Å²) in [6.07, 6.45) is 0. The minimum atomic E-state index is -0.535. The number of amides is 1. The van der Waals surface area contributed by atoms with Gasteiger partial charge in [0.05, 0.1) is 23.5 Å². The van der Waals surface area contributed by atoms with Crippen LogP contribution in [0.15, 0.2) is 36.4 Å². The van der Waals surface area contributed by atoms with E-state index < -0.39 is 4.92 Å². The van der Waals surface area contributed by atoms with Crippen LogP contribution in [0.25, 0.3) is 0 Å². The molecule has 0 spiro atoms. The van der Waals surface area contributed by atoms with Crippen molar-refractivity contribution >= 4 is 52.2 Å². The molecule has 2 aromatic rings. The van der Waals surface area contributed by atoms with Gasteiger partial charge < -0.3 is 10.1 Å². The highest BCUT2D eigenvalue weighted by Crippen LogP contribution is 2.29. The van der Waals surface area contributed by atoms with Gasteiger partial charge in [-0.2, -0.15) is 0 Å². The summed E-state index contributed by atoms with van der Waals surface area (Å²) in [6, 6.07) is 9.20. The third kappa shape index (κ3) is 5.52. The summed E-state index contributed by atoms with van der Waals surface area (Å²) in [7, 11) is 1.42. The lowest BCUT2D eigenvalue weighted by atomic mass is 10.2. The fourth-order valence-electron chi connectivity index (χ4n) is 1.99. The van der Waals surface area contributed by atoms with Crippen LogP contribution in [0.1, 0.15) is 5.56 Å². The number of benzene rings is 2. The van der Waals surface area contributed by atoms with Crippen molar-refractivity contribution in [3.8, 4) is 5.75 Å². The van der Waals surface area contributed by atoms with Crippen LogP contribution in [0, 0.1) is 10.1 Å². The predicted octanol–water partition coefficient (Wildman–Crippen LogP) is 4.78. The second-order valence-corrected chi connectivity index (χ2v) is 6.75. The predicted molar refractivity (Wildman–Crippen MR) is 101 cm³/mol. The van der Waals surface area contributed by atoms with Crippen molar-refractivity contribution in [1.29, 1.82) is 0 Å². The first kappa shape index (κ1) is 19.4. The Hall–Kier alpha value is -1.96. The molecule has 25 heavy (non-hydrogen) atoms. The summed E-state index contributed by atoms with van der Waals surface area (Å²) in [5.41, 5.74) is 1.00. The number of hydrogen-bond acceptors (Lipinski definition) is 5. The minimum absolute atomic E-state index is 0.128. The Balaban J connectivity index is 1.96. The molecule has 0 aliphatic rings. The number of hydrogen-bond donors (Lipinski definition) is 1. The molecule has 0 heterocycles. The van der Waals surface area contributed by atoms with Crippen LogP contribution in [0.5, 0.6) is 5.75 Å². The molecule has 6 nitrogen and oxygen atoms in total. The van der Waals surface area contributed by atoms with Gasteiger partial charge in [0.25, 0.3) is 5.69 Å². The minimum Gasteiger partial charge on any atom is -0.495 e. The Morgan fingerprint density at radius 2 is 2.04 bits per heavy atom. The molecule has 9 heteroatoms. The van der Waals surface area contributed by atoms with Gasteiger partial charge >= 0.3 is 0 Å². The molecule has 0 radical (unpaired) electrons. The van der Waals surface area contributed by atoms with Gasteiger partial charge in [0, 0.05) is 27.9 Å². The molecule has 0 saturated carbocycles. The first-order chi connectivity index (χ1) is 11.9. The van der Waals surface area contributed by atoms with Crippen molar-refractivity contribution in [2.45, 2.75) is 5.75 Å². The summed E-state index contributed by atoms with van der Waals surface area (Å²) >= 11 is 13.3. The van der Waals surface area contributed by atoms with Gasteiger partial charge in [-0.15, -0.1) is 11.8 Å². The fraction of sp³-hybridized carbons (Fsp3) is 0.188. The Morgan fingerprint density at radius 3 is 2.68 bits per heavy atom. The number of anilines is 1. The summed E-state index contributed by atoms with van der Waals surface area (Å²) < 4.78 is 5.11. The molecular formula is C16H14Cl2N2O4S. The highest BCUT2D eigenvalue weighted by molar-refractivity contribution is 7.99. The number of nitrogens with one attached hydrogen (secondary N) is 1. The van der Waals surface area contributed by atoms with E-state index in [1.807, 2.05) is 0 Å². The van der Waals surface area contributed by atoms with E-state index in [4.69, 9.17) is 27.9 Å². The Labute approximate surface area is 158 Å². The summed E-state index contributed by atoms with van der Waals surface area (Å²) in [4.78, 5) is 22.4. The number of nitro benzene ring substituents is 1. The van der Waals surface area contributed by atoms with Crippen LogP contribution in [-0.4, -0.2) is 23.7 Å². The molecule has 0 bridgehead atoms. The lowest BCUT2D eigenvalue weighted by Gasteiger charge is -2.10. The SMILES string of the molecule is COc1ccc([N+](=O)[O-])cc1NC(=O)CSCc1ccc(Cl)cc1Cl. The molecule has 1 N–H and O–H groups in total. The van der Waals surface area contributed by atoms with Crippen LogP contribution < -0.4 is 10.1 Å². The van der Waals surface area contributed by atoms with Crippen molar-refractivity contribution in [2.75, 3.05) is 18.2 Å². The maximum absolute atomic E-state index is 12.1. The lowest BCUT2D eigenvalue weighted by Crippen LogP contribution is -2.15. The smallest absolute Gasteiger partial charge is 0.271 e. The van der Waals surface area contributed by atoms with E-state index in [0.29, 0.717) is 21.5 Å². The number of halogens is 2. The number of methoxy groups -OCH3 is 1. The molecule has 0 aromatic heterocycles. The van der Waals surface area contributed by atoms with Crippen molar-refractivity contribution in [3.63, 3.8) is 0 Å². The van der Waals surface area contributed by atoms with Crippen LogP contribution in [0.2, 0.25) is 10.0 Å². The molecule has 1 amide bonds. The van der Waals surface area contributed by atoms with E-state index in [2.05, 4.69) is 5.32 Å². The molecule has 0 saturated heterocycles. The molecule has 0 aliphatic carbocycles. The number of ether oxygens (including phenoxy) is 1. The number of carbonyl (C=O) groups is 1. The highest BCUT2D eigenvalue weighted by Gasteiger charge is 2.14. The quantitative estimate of drug-likeness (QED) is 0.533. The first-order valence-electron chi connectivity index (χ1n) is 7.04. The van der Waals surface area contributed by atoms with Gasteiger partial charge in [0.1, 0.15) is 5.75 Å². The van der Waals surface area contributed by atoms with Crippen molar-refractivity contribution < 1.29 is 14.5 Å². The number of non-ortho nitro benzene ring substituents is 1. The molecule has 132 valence electrons. The average Bonchev–Trinajstić information content (AvgIpc) is 2.56. The van der Waals surface area contributed by atoms with Gasteiger partial charge in [0.15, 0.2) is 0 Å². The number of rotatable bonds is 7. The Kier molecular flexibility index (Phi) is 6.92. The fourth-order valence-corrected chi connectivity index (χ4v) is 3.37. The maximum atomic E-state index is 12.1. The van der Waals surface area contributed by atoms with E-state index >= 15 is 0 Å². The topological polar surface area (TPSA) is 81.5 Å². The molecule has 0 atom stereocenters. The van der Waals surface area contributed by atoms with Crippen LogP contribution in [0.4, 0.5) is 11.4 Å². The first-order valence-corrected chi connectivity index (χ1v) is 8.95. The van der Waals surface area contributed by atoms with Gasteiger partial charge in [-0.3, -0.25) is 14.9 Å². The monoisotopic (exact) mass is 400 g/mol. The zero-order valence-electron chi connectivity index (χ0n) is 13.1. The van der Waals surface area contributed by atoms with Crippen LogP contribution in [0.3, 0.4) is 0 Å². The Bertz CT molecular complexity index is 802. The van der Waals surface area contributed by atoms with E-state index in [1.54, 1.807) is 18.2 Å². The van der Waals surface area contributed by atoms with Gasteiger partial charge in [-0.25, -0.2) is 0 Å². The Morgan fingerprint density at radius 1 is 1.28 bits per heavy atom. The highest BCUT2D eigenvalue weighted by atomic mass is 35.5. The van der Waals surface area contributed by atoms with E-state index in [9.17, 15) is 14.9 Å². The number of carbonyl (C=O) groups excluding carboxylic acids is 1. The molecule has 2 aromatic carbocycles. The average molecular weight is 401 g/mol. The molecule has 2 rings (SSSR count). The summed E-state index contributed by atoms with van der Waals surface area (Å²) in [6.45, 7) is 0. The normalized spacial score (nSPS) is 10.4. The van der Waals surface area contributed by atoms with E-state index in [0.717, 1.165) is 5.56 Å². The van der Waals surface area contributed by atoms with Crippen LogP contribution in [-0.2, 0) is 10.5 Å². The van der Waals surface area contributed by atoms with E-state index in [1.165, 1.54) is 37.1 Å². The second-order valence-electron chi connectivity index (χ2n) is 4.92. The third-order valence-corrected chi connectivity index (χ3v) is 4.74. The summed E-state index contributed by atoms with van der Waals surface area (Å²) in [5, 5.41) is 14.6. The molecular weight excluding hydrogens is 387 g/mol. The number of thioether (sulfide) groups is 1. The zero-order valence-corrected chi connectivity index (χ0v) is 15.5. The second kappa shape index (κ2) is 8.94. The number of nitrogens with zero attached hydrogens (tertiary/aromatic N) is 1. The molecule has 0 aliphatic heterocycles. The van der Waals surface area contributed by atoms with Gasteiger partial charge in [0.2, 0.25) is 5.91 Å². The van der Waals surface area contributed by atoms with E-state index in [-0.39, 0.29) is 23.0 Å². The van der Waals surface area contributed by atoms with Gasteiger partial charge in [-0.05, 0) is 23.8 Å². The van der Waals surface area contributed by atoms with Crippen molar-refractivity contribution in [1.82, 2.24) is 0 Å². The third-order valence-electron chi connectivity index (χ3n) is 3.17. The lowest BCUT2D eigenvalue weighted by molar-refractivity contribution is -0.384. The summed E-state index contributed by atoms with van der Waals surface area (Å²) in [5.74, 6) is 0.749. The van der Waals surface area contributed by atoms with Crippen molar-refractivity contribution in [2.24, 2.45) is 0 Å². The largest absolute Gasteiger partial charge is 0.495 e. The van der Waals surface area contributed by atoms with Crippen LogP contribution >= 0.6 is 35.0 Å². The van der Waals surface area contributed by atoms with Crippen molar-refractivity contribution in [3.05, 3.63) is 62.1 Å². The molecule has 0 unspecified atom stereocenters. The molecule has 0 fully saturated rings. The zero-order chi connectivity index (χ0) is 18.4.